The van der Waals surface area contributed by atoms with E-state index in [1.807, 2.05) is 0 Å². The summed E-state index contributed by atoms with van der Waals surface area (Å²) in [4.78, 5) is 0. The second-order valence-corrected chi connectivity index (χ2v) is 5.58. The van der Waals surface area contributed by atoms with E-state index in [-0.39, 0.29) is 5.41 Å². The molecular formula is C11H21N3S. The molecule has 0 aliphatic rings. The molecule has 0 amide bonds. The zero-order valence-electron chi connectivity index (χ0n) is 10.1. The summed E-state index contributed by atoms with van der Waals surface area (Å²) >= 11 is 5.24. The number of unbranched alkanes of at least 4 members (excludes halogenated alkanes) is 1. The van der Waals surface area contributed by atoms with Crippen LogP contribution >= 0.6 is 12.2 Å². The Balaban J connectivity index is 2.85. The maximum atomic E-state index is 5.24. The minimum absolute atomic E-state index is 0.239. The third kappa shape index (κ3) is 3.78. The van der Waals surface area contributed by atoms with E-state index in [1.165, 1.54) is 12.8 Å². The zero-order valence-corrected chi connectivity index (χ0v) is 10.9. The highest BCUT2D eigenvalue weighted by Crippen LogP contribution is 2.18. The molecule has 0 atom stereocenters. The number of rotatable bonds is 4. The minimum atomic E-state index is 0.239. The Kier molecular flexibility index (Phi) is 4.08. The Morgan fingerprint density at radius 1 is 1.40 bits per heavy atom. The molecule has 0 spiro atoms. The fourth-order valence-corrected chi connectivity index (χ4v) is 1.73. The van der Waals surface area contributed by atoms with Gasteiger partial charge in [0, 0.05) is 13.0 Å². The van der Waals surface area contributed by atoms with Crippen LogP contribution < -0.4 is 0 Å². The Morgan fingerprint density at radius 3 is 2.60 bits per heavy atom. The third-order valence-electron chi connectivity index (χ3n) is 2.22. The van der Waals surface area contributed by atoms with Crippen molar-refractivity contribution in [1.82, 2.24) is 14.8 Å². The molecule has 3 nitrogen and oxygen atoms in total. The molecule has 0 saturated carbocycles. The number of hydrogen-bond donors (Lipinski definition) is 1. The predicted octanol–water partition coefficient (Wildman–Crippen LogP) is 3.33. The monoisotopic (exact) mass is 227 g/mol. The first-order valence-electron chi connectivity index (χ1n) is 5.58. The van der Waals surface area contributed by atoms with Crippen LogP contribution in [-0.2, 0) is 13.0 Å². The van der Waals surface area contributed by atoms with Crippen molar-refractivity contribution in [2.75, 3.05) is 0 Å². The topological polar surface area (TPSA) is 33.6 Å². The second-order valence-electron chi connectivity index (χ2n) is 5.20. The molecule has 0 bridgehead atoms. The van der Waals surface area contributed by atoms with E-state index in [0.29, 0.717) is 0 Å². The molecular weight excluding hydrogens is 206 g/mol. The van der Waals surface area contributed by atoms with Crippen LogP contribution in [0.15, 0.2) is 0 Å². The highest BCUT2D eigenvalue weighted by Gasteiger charge is 2.15. The van der Waals surface area contributed by atoms with E-state index in [4.69, 9.17) is 12.2 Å². The van der Waals surface area contributed by atoms with Crippen LogP contribution in [0.25, 0.3) is 0 Å². The van der Waals surface area contributed by atoms with Crippen LogP contribution in [0, 0.1) is 10.2 Å². The first-order chi connectivity index (χ1) is 6.94. The van der Waals surface area contributed by atoms with Crippen molar-refractivity contribution in [2.45, 2.75) is 53.5 Å². The van der Waals surface area contributed by atoms with Gasteiger partial charge in [0.25, 0.3) is 0 Å². The van der Waals surface area contributed by atoms with Crippen LogP contribution in [0.5, 0.6) is 0 Å². The predicted molar refractivity (Wildman–Crippen MR) is 65.5 cm³/mol. The van der Waals surface area contributed by atoms with Crippen molar-refractivity contribution in [3.8, 4) is 0 Å². The maximum Gasteiger partial charge on any atom is 0.195 e. The molecule has 0 saturated heterocycles. The van der Waals surface area contributed by atoms with Gasteiger partial charge >= 0.3 is 0 Å². The molecule has 0 aromatic carbocycles. The Labute approximate surface area is 96.9 Å². The number of H-pyrrole nitrogens is 1. The van der Waals surface area contributed by atoms with Crippen molar-refractivity contribution in [2.24, 2.45) is 5.41 Å². The van der Waals surface area contributed by atoms with E-state index in [9.17, 15) is 0 Å². The molecule has 1 aromatic rings. The number of nitrogens with one attached hydrogen (secondary N) is 1. The van der Waals surface area contributed by atoms with Crippen LogP contribution in [0.3, 0.4) is 0 Å². The average Bonchev–Trinajstić information content (AvgIpc) is 2.43. The molecule has 4 heteroatoms. The van der Waals surface area contributed by atoms with E-state index in [1.54, 1.807) is 0 Å². The molecule has 0 fully saturated rings. The van der Waals surface area contributed by atoms with Crippen molar-refractivity contribution >= 4 is 12.2 Å². The number of aryl methyl sites for hydroxylation is 1. The van der Waals surface area contributed by atoms with Gasteiger partial charge in [-0.25, -0.2) is 0 Å². The molecule has 1 aromatic heterocycles. The largest absolute Gasteiger partial charge is 0.304 e. The first-order valence-corrected chi connectivity index (χ1v) is 5.99. The summed E-state index contributed by atoms with van der Waals surface area (Å²) in [5.41, 5.74) is 0.239. The van der Waals surface area contributed by atoms with Gasteiger partial charge in [-0.15, -0.1) is 0 Å². The summed E-state index contributed by atoms with van der Waals surface area (Å²) in [5.74, 6) is 1.09. The lowest BCUT2D eigenvalue weighted by atomic mass is 9.97. The second kappa shape index (κ2) is 4.92. The smallest absolute Gasteiger partial charge is 0.195 e. The van der Waals surface area contributed by atoms with Crippen LogP contribution in [-0.4, -0.2) is 14.8 Å². The van der Waals surface area contributed by atoms with Crippen molar-refractivity contribution < 1.29 is 0 Å². The summed E-state index contributed by atoms with van der Waals surface area (Å²) in [5, 5.41) is 7.17. The van der Waals surface area contributed by atoms with Crippen LogP contribution in [0.4, 0.5) is 0 Å². The summed E-state index contributed by atoms with van der Waals surface area (Å²) in [7, 11) is 0. The number of aromatic amines is 1. The lowest BCUT2D eigenvalue weighted by molar-refractivity contribution is 0.335. The molecule has 0 radical (unpaired) electrons. The molecule has 1 N–H and O–H groups in total. The summed E-state index contributed by atoms with van der Waals surface area (Å²) in [6.07, 6.45) is 3.37. The summed E-state index contributed by atoms with van der Waals surface area (Å²) < 4.78 is 2.88. The summed E-state index contributed by atoms with van der Waals surface area (Å²) in [6, 6.07) is 0. The van der Waals surface area contributed by atoms with Gasteiger partial charge in [0.2, 0.25) is 0 Å². The normalized spacial score (nSPS) is 12.0. The van der Waals surface area contributed by atoms with E-state index >= 15 is 0 Å². The van der Waals surface area contributed by atoms with Gasteiger partial charge in [0.05, 0.1) is 0 Å². The molecule has 0 aliphatic heterocycles. The standard InChI is InChI=1S/C11H21N3S/c1-5-6-7-9-12-13-10(15)14(9)8-11(2,3)4/h5-8H2,1-4H3,(H,13,15). The quantitative estimate of drug-likeness (QED) is 0.800. The van der Waals surface area contributed by atoms with Crippen molar-refractivity contribution in [3.05, 3.63) is 10.6 Å². The molecule has 1 heterocycles. The maximum absolute atomic E-state index is 5.24. The Hall–Kier alpha value is -0.640. The highest BCUT2D eigenvalue weighted by atomic mass is 32.1. The van der Waals surface area contributed by atoms with Gasteiger partial charge in [0.15, 0.2) is 4.77 Å². The van der Waals surface area contributed by atoms with Gasteiger partial charge < -0.3 is 4.57 Å². The molecule has 86 valence electrons. The van der Waals surface area contributed by atoms with Crippen LogP contribution in [0.1, 0.15) is 46.4 Å². The zero-order chi connectivity index (χ0) is 11.5. The number of nitrogens with zero attached hydrogens (tertiary/aromatic N) is 2. The lowest BCUT2D eigenvalue weighted by Gasteiger charge is -2.19. The van der Waals surface area contributed by atoms with Gasteiger partial charge in [0.1, 0.15) is 5.82 Å². The van der Waals surface area contributed by atoms with Gasteiger partial charge in [-0.1, -0.05) is 34.1 Å². The van der Waals surface area contributed by atoms with Gasteiger partial charge in [-0.3, -0.25) is 5.10 Å². The number of aromatic nitrogens is 3. The van der Waals surface area contributed by atoms with E-state index < -0.39 is 0 Å². The minimum Gasteiger partial charge on any atom is -0.304 e. The van der Waals surface area contributed by atoms with E-state index in [0.717, 1.165) is 23.6 Å². The van der Waals surface area contributed by atoms with Crippen molar-refractivity contribution in [3.63, 3.8) is 0 Å². The highest BCUT2D eigenvalue weighted by molar-refractivity contribution is 7.71. The molecule has 1 rings (SSSR count). The Morgan fingerprint density at radius 2 is 2.07 bits per heavy atom. The SMILES string of the molecule is CCCCc1n[nH]c(=S)n1CC(C)(C)C. The average molecular weight is 227 g/mol. The lowest BCUT2D eigenvalue weighted by Crippen LogP contribution is -2.17. The fraction of sp³-hybridized carbons (Fsp3) is 0.818. The molecule has 0 aliphatic carbocycles. The van der Waals surface area contributed by atoms with Crippen molar-refractivity contribution in [1.29, 1.82) is 0 Å². The van der Waals surface area contributed by atoms with E-state index in [2.05, 4.69) is 42.5 Å². The number of hydrogen-bond acceptors (Lipinski definition) is 2. The van der Waals surface area contributed by atoms with Crippen LogP contribution in [0.2, 0.25) is 0 Å². The summed E-state index contributed by atoms with van der Waals surface area (Å²) in [6.45, 7) is 9.76. The van der Waals surface area contributed by atoms with Gasteiger partial charge in [-0.05, 0) is 24.1 Å². The first kappa shape index (κ1) is 12.4. The molecule has 0 unspecified atom stereocenters. The van der Waals surface area contributed by atoms with Gasteiger partial charge in [-0.2, -0.15) is 5.10 Å². The molecule has 15 heavy (non-hydrogen) atoms. The Bertz CT molecular complexity index is 357. The fourth-order valence-electron chi connectivity index (χ4n) is 1.51. The third-order valence-corrected chi connectivity index (χ3v) is 2.54.